The third kappa shape index (κ3) is 5.81. The summed E-state index contributed by atoms with van der Waals surface area (Å²) in [7, 11) is 0. The Hall–Kier alpha value is -4.51. The zero-order valence-corrected chi connectivity index (χ0v) is 26.6. The predicted molar refractivity (Wildman–Crippen MR) is 171 cm³/mol. The molecule has 2 aromatic carbocycles. The summed E-state index contributed by atoms with van der Waals surface area (Å²) in [6.45, 7) is 0. The maximum Gasteiger partial charge on any atom is 0.356 e. The number of fused-ring (bicyclic) bond motifs is 2. The van der Waals surface area contributed by atoms with Crippen molar-refractivity contribution in [2.24, 2.45) is 5.73 Å². The zero-order valence-electron chi connectivity index (χ0n) is 24.2. The molecule has 6 rings (SSSR count). The van der Waals surface area contributed by atoms with Crippen LogP contribution in [0.1, 0.15) is 23.2 Å². The monoisotopic (exact) mass is 698 g/mol. The first-order valence-corrected chi connectivity index (χ1v) is 16.7. The van der Waals surface area contributed by atoms with Gasteiger partial charge in [-0.1, -0.05) is 72.3 Å². The lowest BCUT2D eigenvalue weighted by atomic mass is 10.0. The van der Waals surface area contributed by atoms with Crippen molar-refractivity contribution in [3.8, 4) is 0 Å². The van der Waals surface area contributed by atoms with Gasteiger partial charge in [-0.05, 0) is 11.1 Å². The van der Waals surface area contributed by atoms with Crippen molar-refractivity contribution in [1.29, 1.82) is 0 Å². The van der Waals surface area contributed by atoms with E-state index in [-0.39, 0.29) is 22.2 Å². The number of halogens is 1. The molecule has 244 valence electrons. The summed E-state index contributed by atoms with van der Waals surface area (Å²) in [4.78, 5) is 80.2. The molecule has 47 heavy (non-hydrogen) atoms. The number of aliphatic hydroxyl groups excluding tert-OH is 1. The first-order valence-electron chi connectivity index (χ1n) is 14.2. The van der Waals surface area contributed by atoms with Gasteiger partial charge in [-0.25, -0.2) is 4.79 Å². The third-order valence-corrected chi connectivity index (χ3v) is 11.0. The van der Waals surface area contributed by atoms with Crippen molar-refractivity contribution in [2.45, 2.75) is 34.9 Å². The van der Waals surface area contributed by atoms with E-state index in [9.17, 15) is 39.0 Å². The highest BCUT2D eigenvalue weighted by Crippen LogP contribution is 2.42. The van der Waals surface area contributed by atoms with Crippen LogP contribution in [0.25, 0.3) is 0 Å². The van der Waals surface area contributed by atoms with Crippen molar-refractivity contribution < 1.29 is 39.0 Å². The highest BCUT2D eigenvalue weighted by molar-refractivity contribution is 8.00. The average molecular weight is 699 g/mol. The molecule has 0 saturated carbocycles. The van der Waals surface area contributed by atoms with Gasteiger partial charge in [0.25, 0.3) is 17.7 Å². The quantitative estimate of drug-likeness (QED) is 0.200. The molecule has 4 aliphatic rings. The van der Waals surface area contributed by atoms with Gasteiger partial charge in [0.2, 0.25) is 11.8 Å². The number of amides is 5. The Morgan fingerprint density at radius 3 is 1.89 bits per heavy atom. The number of carbonyl (C=O) groups is 6. The van der Waals surface area contributed by atoms with Crippen molar-refractivity contribution in [2.75, 3.05) is 11.5 Å². The van der Waals surface area contributed by atoms with Gasteiger partial charge < -0.3 is 31.9 Å². The molecular formula is C30H27ClN6O8S2. The van der Waals surface area contributed by atoms with Crippen LogP contribution in [0.15, 0.2) is 82.8 Å². The van der Waals surface area contributed by atoms with Gasteiger partial charge in [0.15, 0.2) is 5.70 Å². The first-order chi connectivity index (χ1) is 22.5. The summed E-state index contributed by atoms with van der Waals surface area (Å²) >= 11 is 8.79. The molecule has 0 spiro atoms. The SMILES string of the molecule is NC(C(=O)NC1C(=O)N2C(C(=O)NC(C(=O)NC3C(=O)N4C(C(=O)O)=C(O)CSC34)c3ccccc3)=C(Cl)CSC12)c1ccccc1. The van der Waals surface area contributed by atoms with E-state index in [0.717, 1.165) is 16.7 Å². The van der Waals surface area contributed by atoms with Gasteiger partial charge in [-0.3, -0.25) is 33.8 Å². The molecule has 2 saturated heterocycles. The Kier molecular flexibility index (Phi) is 8.93. The van der Waals surface area contributed by atoms with E-state index < -0.39 is 81.9 Å². The number of aliphatic hydroxyl groups is 1. The molecule has 4 heterocycles. The van der Waals surface area contributed by atoms with Crippen molar-refractivity contribution in [3.63, 3.8) is 0 Å². The third-order valence-electron chi connectivity index (χ3n) is 7.99. The second-order valence-corrected chi connectivity index (χ2v) is 13.5. The Bertz CT molecular complexity index is 1740. The lowest BCUT2D eigenvalue weighted by molar-refractivity contribution is -0.151. The van der Waals surface area contributed by atoms with Crippen LogP contribution in [-0.2, 0) is 28.8 Å². The van der Waals surface area contributed by atoms with Crippen LogP contribution in [0.5, 0.6) is 0 Å². The lowest BCUT2D eigenvalue weighted by Gasteiger charge is -2.49. The lowest BCUT2D eigenvalue weighted by Crippen LogP contribution is -2.72. The smallest absolute Gasteiger partial charge is 0.356 e. The highest BCUT2D eigenvalue weighted by atomic mass is 35.5. The second-order valence-electron chi connectivity index (χ2n) is 10.9. The number of rotatable bonds is 9. The minimum atomic E-state index is -1.48. The topological polar surface area (TPSA) is 211 Å². The summed E-state index contributed by atoms with van der Waals surface area (Å²) in [5.41, 5.74) is 6.30. The van der Waals surface area contributed by atoms with Crippen LogP contribution in [0.4, 0.5) is 0 Å². The van der Waals surface area contributed by atoms with Gasteiger partial charge in [-0.2, -0.15) is 0 Å². The maximum atomic E-state index is 13.7. The van der Waals surface area contributed by atoms with E-state index in [4.69, 9.17) is 17.3 Å². The molecule has 6 atom stereocenters. The summed E-state index contributed by atoms with van der Waals surface area (Å²) in [5, 5.41) is 26.0. The van der Waals surface area contributed by atoms with E-state index >= 15 is 0 Å². The molecule has 5 amide bonds. The van der Waals surface area contributed by atoms with Crippen molar-refractivity contribution in [3.05, 3.63) is 94.0 Å². The number of carboxylic acids is 1. The van der Waals surface area contributed by atoms with E-state index in [1.807, 2.05) is 0 Å². The number of β-lactam (4-membered cyclic amide) rings is 2. The maximum absolute atomic E-state index is 13.7. The van der Waals surface area contributed by atoms with E-state index in [1.54, 1.807) is 60.7 Å². The fourth-order valence-electron chi connectivity index (χ4n) is 5.64. The number of hydrogen-bond donors (Lipinski definition) is 6. The number of benzene rings is 2. The molecule has 4 aliphatic heterocycles. The van der Waals surface area contributed by atoms with E-state index in [2.05, 4.69) is 16.0 Å². The van der Waals surface area contributed by atoms with Crippen LogP contribution in [0.3, 0.4) is 0 Å². The minimum absolute atomic E-state index is 0.0614. The number of carbonyl (C=O) groups excluding carboxylic acids is 5. The number of nitrogens with one attached hydrogen (secondary N) is 3. The van der Waals surface area contributed by atoms with Gasteiger partial charge in [0, 0.05) is 5.75 Å². The molecule has 0 radical (unpaired) electrons. The molecule has 0 aromatic heterocycles. The molecule has 2 fully saturated rings. The molecule has 17 heteroatoms. The van der Waals surface area contributed by atoms with Gasteiger partial charge in [0.05, 0.1) is 10.8 Å². The predicted octanol–water partition coefficient (Wildman–Crippen LogP) is 0.648. The summed E-state index contributed by atoms with van der Waals surface area (Å²) in [6, 6.07) is 12.4. The van der Waals surface area contributed by atoms with Crippen molar-refractivity contribution in [1.82, 2.24) is 25.8 Å². The minimum Gasteiger partial charge on any atom is -0.509 e. The van der Waals surface area contributed by atoms with Crippen LogP contribution in [-0.4, -0.2) is 89.9 Å². The number of hydrogen-bond acceptors (Lipinski definition) is 10. The summed E-state index contributed by atoms with van der Waals surface area (Å²) < 4.78 is 0. The van der Waals surface area contributed by atoms with Crippen LogP contribution in [0.2, 0.25) is 0 Å². The summed E-state index contributed by atoms with van der Waals surface area (Å²) in [6.07, 6.45) is 0. The molecule has 7 N–H and O–H groups in total. The molecule has 0 aliphatic carbocycles. The first kappa shape index (κ1) is 32.4. The second kappa shape index (κ2) is 12.9. The number of aliphatic carboxylic acids is 1. The average Bonchev–Trinajstić information content (AvgIpc) is 3.08. The Labute approximate surface area is 280 Å². The fraction of sp³-hybridized carbons (Fsp3) is 0.267. The Balaban J connectivity index is 1.17. The molecular weight excluding hydrogens is 672 g/mol. The summed E-state index contributed by atoms with van der Waals surface area (Å²) in [5.74, 6) is -5.35. The van der Waals surface area contributed by atoms with Crippen LogP contribution < -0.4 is 21.7 Å². The zero-order chi connectivity index (χ0) is 33.6. The van der Waals surface area contributed by atoms with Crippen molar-refractivity contribution >= 4 is 70.6 Å². The van der Waals surface area contributed by atoms with E-state index in [1.165, 1.54) is 16.7 Å². The fourth-order valence-corrected chi connectivity index (χ4v) is 8.39. The molecule has 14 nitrogen and oxygen atoms in total. The molecule has 6 unspecified atom stereocenters. The van der Waals surface area contributed by atoms with Gasteiger partial charge >= 0.3 is 5.97 Å². The van der Waals surface area contributed by atoms with Crippen LogP contribution in [0, 0.1) is 0 Å². The van der Waals surface area contributed by atoms with Crippen LogP contribution >= 0.6 is 35.1 Å². The molecule has 2 aromatic rings. The standard InChI is InChI=1S/C30H27ClN6O8S2/c31-15-11-46-28-19(34-23(39)17(32)13-7-3-1-4-8-13)26(42)36(28)21(15)25(41)33-18(14-9-5-2-6-10-14)24(40)35-20-27(43)37-22(30(44)45)16(38)12-47-29(20)37/h1-10,17-20,28-29,38H,11-12,32H2,(H,33,41)(H,34,39)(H,35,40)(H,44,45). The van der Waals surface area contributed by atoms with Gasteiger partial charge in [0.1, 0.15) is 46.4 Å². The largest absolute Gasteiger partial charge is 0.509 e. The normalized spacial score (nSPS) is 24.6. The van der Waals surface area contributed by atoms with Gasteiger partial charge in [-0.15, -0.1) is 23.5 Å². The number of thioether (sulfide) groups is 2. The highest BCUT2D eigenvalue weighted by Gasteiger charge is 2.56. The Morgan fingerprint density at radius 1 is 0.809 bits per heavy atom. The number of carboxylic acid groups (broad SMARTS) is 1. The number of nitrogens with zero attached hydrogens (tertiary/aromatic N) is 2. The van der Waals surface area contributed by atoms with E-state index in [0.29, 0.717) is 11.1 Å². The molecule has 0 bridgehead atoms. The Morgan fingerprint density at radius 2 is 1.32 bits per heavy atom. The number of nitrogens with two attached hydrogens (primary N) is 1.